The number of anilines is 1. The summed E-state index contributed by atoms with van der Waals surface area (Å²) in [5, 5.41) is 3.16. The molecule has 0 spiro atoms. The Kier molecular flexibility index (Phi) is 3.99. The van der Waals surface area contributed by atoms with Crippen LogP contribution in [0, 0.1) is 5.82 Å². The Balaban J connectivity index is 2.24. The molecule has 2 rings (SSSR count). The molecule has 0 aliphatic carbocycles. The summed E-state index contributed by atoms with van der Waals surface area (Å²) in [7, 11) is 0. The lowest BCUT2D eigenvalue weighted by molar-refractivity contribution is 0.102. The fourth-order valence-electron chi connectivity index (χ4n) is 1.42. The average Bonchev–Trinajstić information content (AvgIpc) is 2.34. The standard InChI is InChI=1S/C13H8BrClFNO/c14-11-5-4-9(15)7-12(11)17-13(18)8-2-1-3-10(16)6-8/h1-7H,(H,17,18). The highest BCUT2D eigenvalue weighted by Gasteiger charge is 2.09. The fraction of sp³-hybridized carbons (Fsp3) is 0. The molecule has 0 atom stereocenters. The van der Waals surface area contributed by atoms with Gasteiger partial charge in [0.25, 0.3) is 5.91 Å². The van der Waals surface area contributed by atoms with E-state index in [0.717, 1.165) is 0 Å². The van der Waals surface area contributed by atoms with E-state index in [0.29, 0.717) is 15.2 Å². The van der Waals surface area contributed by atoms with Gasteiger partial charge in [-0.2, -0.15) is 0 Å². The number of carbonyl (C=O) groups is 1. The van der Waals surface area contributed by atoms with E-state index in [9.17, 15) is 9.18 Å². The summed E-state index contributed by atoms with van der Waals surface area (Å²) in [6, 6.07) is 10.5. The fourth-order valence-corrected chi connectivity index (χ4v) is 1.94. The maximum atomic E-state index is 13.0. The molecule has 0 aromatic heterocycles. The van der Waals surface area contributed by atoms with E-state index in [-0.39, 0.29) is 5.56 Å². The van der Waals surface area contributed by atoms with Crippen LogP contribution in [-0.4, -0.2) is 5.91 Å². The summed E-state index contributed by atoms with van der Waals surface area (Å²) >= 11 is 9.14. The molecule has 0 heterocycles. The van der Waals surface area contributed by atoms with Crippen LogP contribution in [0.2, 0.25) is 5.02 Å². The van der Waals surface area contributed by atoms with Crippen LogP contribution in [0.15, 0.2) is 46.9 Å². The minimum atomic E-state index is -0.451. The van der Waals surface area contributed by atoms with Gasteiger partial charge in [0.15, 0.2) is 0 Å². The van der Waals surface area contributed by atoms with E-state index in [2.05, 4.69) is 21.2 Å². The molecule has 18 heavy (non-hydrogen) atoms. The summed E-state index contributed by atoms with van der Waals surface area (Å²) in [6.07, 6.45) is 0. The molecule has 92 valence electrons. The van der Waals surface area contributed by atoms with Crippen LogP contribution in [0.5, 0.6) is 0 Å². The molecule has 0 radical (unpaired) electrons. The quantitative estimate of drug-likeness (QED) is 0.864. The predicted molar refractivity (Wildman–Crippen MR) is 73.5 cm³/mol. The molecular formula is C13H8BrClFNO. The molecule has 0 fully saturated rings. The Morgan fingerprint density at radius 3 is 2.72 bits per heavy atom. The second-order valence-corrected chi connectivity index (χ2v) is 4.88. The van der Waals surface area contributed by atoms with Crippen molar-refractivity contribution >= 4 is 39.1 Å². The highest BCUT2D eigenvalue weighted by molar-refractivity contribution is 9.10. The molecule has 0 unspecified atom stereocenters. The zero-order valence-corrected chi connectivity index (χ0v) is 11.4. The zero-order chi connectivity index (χ0) is 13.1. The van der Waals surface area contributed by atoms with E-state index in [1.54, 1.807) is 18.2 Å². The number of halogens is 3. The number of hydrogen-bond acceptors (Lipinski definition) is 1. The van der Waals surface area contributed by atoms with Gasteiger partial charge in [-0.1, -0.05) is 17.7 Å². The van der Waals surface area contributed by atoms with Crippen LogP contribution in [0.25, 0.3) is 0 Å². The molecule has 0 saturated carbocycles. The van der Waals surface area contributed by atoms with Crippen molar-refractivity contribution in [1.29, 1.82) is 0 Å². The van der Waals surface area contributed by atoms with Crippen LogP contribution in [-0.2, 0) is 0 Å². The zero-order valence-electron chi connectivity index (χ0n) is 9.08. The molecular weight excluding hydrogens is 321 g/mol. The second kappa shape index (κ2) is 5.50. The van der Waals surface area contributed by atoms with Crippen LogP contribution >= 0.6 is 27.5 Å². The van der Waals surface area contributed by atoms with E-state index >= 15 is 0 Å². The van der Waals surface area contributed by atoms with E-state index < -0.39 is 11.7 Å². The van der Waals surface area contributed by atoms with Gasteiger partial charge in [0, 0.05) is 15.1 Å². The molecule has 0 bridgehead atoms. The molecule has 0 saturated heterocycles. The minimum Gasteiger partial charge on any atom is -0.321 e. The monoisotopic (exact) mass is 327 g/mol. The van der Waals surface area contributed by atoms with Gasteiger partial charge >= 0.3 is 0 Å². The topological polar surface area (TPSA) is 29.1 Å². The van der Waals surface area contributed by atoms with Gasteiger partial charge in [-0.05, 0) is 52.3 Å². The SMILES string of the molecule is O=C(Nc1cc(Cl)ccc1Br)c1cccc(F)c1. The smallest absolute Gasteiger partial charge is 0.255 e. The van der Waals surface area contributed by atoms with Gasteiger partial charge in [0.2, 0.25) is 0 Å². The Bertz CT molecular complexity index is 603. The van der Waals surface area contributed by atoms with Crippen LogP contribution in [0.1, 0.15) is 10.4 Å². The molecule has 2 nitrogen and oxygen atoms in total. The highest BCUT2D eigenvalue weighted by atomic mass is 79.9. The number of nitrogens with one attached hydrogen (secondary N) is 1. The minimum absolute atomic E-state index is 0.252. The van der Waals surface area contributed by atoms with Crippen LogP contribution in [0.3, 0.4) is 0 Å². The summed E-state index contributed by atoms with van der Waals surface area (Å²) in [5.74, 6) is -0.842. The van der Waals surface area contributed by atoms with Crippen molar-refractivity contribution in [2.45, 2.75) is 0 Å². The van der Waals surface area contributed by atoms with Gasteiger partial charge in [-0.3, -0.25) is 4.79 Å². The van der Waals surface area contributed by atoms with Crippen molar-refractivity contribution in [2.24, 2.45) is 0 Å². The second-order valence-electron chi connectivity index (χ2n) is 3.59. The molecule has 1 N–H and O–H groups in total. The molecule has 5 heteroatoms. The summed E-state index contributed by atoms with van der Waals surface area (Å²) in [4.78, 5) is 11.9. The number of amides is 1. The lowest BCUT2D eigenvalue weighted by atomic mass is 10.2. The van der Waals surface area contributed by atoms with Gasteiger partial charge in [-0.15, -0.1) is 0 Å². The lowest BCUT2D eigenvalue weighted by Gasteiger charge is -2.07. The first kappa shape index (κ1) is 13.1. The predicted octanol–water partition coefficient (Wildman–Crippen LogP) is 4.49. The van der Waals surface area contributed by atoms with Crippen molar-refractivity contribution in [3.05, 3.63) is 63.3 Å². The highest BCUT2D eigenvalue weighted by Crippen LogP contribution is 2.26. The number of rotatable bonds is 2. The first-order valence-corrected chi connectivity index (χ1v) is 6.25. The molecule has 2 aromatic carbocycles. The average molecular weight is 329 g/mol. The Labute approximate surface area is 117 Å². The van der Waals surface area contributed by atoms with E-state index in [4.69, 9.17) is 11.6 Å². The Hall–Kier alpha value is -1.39. The summed E-state index contributed by atoms with van der Waals surface area (Å²) < 4.78 is 13.7. The first-order chi connectivity index (χ1) is 8.56. The van der Waals surface area contributed by atoms with Gasteiger partial charge in [0.1, 0.15) is 5.82 Å². The number of hydrogen-bond donors (Lipinski definition) is 1. The third-order valence-corrected chi connectivity index (χ3v) is 3.19. The van der Waals surface area contributed by atoms with Crippen molar-refractivity contribution in [3.63, 3.8) is 0 Å². The Morgan fingerprint density at radius 1 is 1.22 bits per heavy atom. The third kappa shape index (κ3) is 3.09. The summed E-state index contributed by atoms with van der Waals surface area (Å²) in [6.45, 7) is 0. The van der Waals surface area contributed by atoms with Gasteiger partial charge in [0.05, 0.1) is 5.69 Å². The van der Waals surface area contributed by atoms with Crippen LogP contribution < -0.4 is 5.32 Å². The maximum absolute atomic E-state index is 13.0. The summed E-state index contributed by atoms with van der Waals surface area (Å²) in [5.41, 5.74) is 0.790. The van der Waals surface area contributed by atoms with Crippen molar-refractivity contribution in [2.75, 3.05) is 5.32 Å². The third-order valence-electron chi connectivity index (χ3n) is 2.26. The number of benzene rings is 2. The van der Waals surface area contributed by atoms with Gasteiger partial charge < -0.3 is 5.32 Å². The maximum Gasteiger partial charge on any atom is 0.255 e. The van der Waals surface area contributed by atoms with Crippen molar-refractivity contribution < 1.29 is 9.18 Å². The van der Waals surface area contributed by atoms with Crippen molar-refractivity contribution in [1.82, 2.24) is 0 Å². The lowest BCUT2D eigenvalue weighted by Crippen LogP contribution is -2.12. The normalized spacial score (nSPS) is 10.2. The largest absolute Gasteiger partial charge is 0.321 e. The number of carbonyl (C=O) groups excluding carboxylic acids is 1. The van der Waals surface area contributed by atoms with E-state index in [1.165, 1.54) is 24.3 Å². The van der Waals surface area contributed by atoms with Crippen LogP contribution in [0.4, 0.5) is 10.1 Å². The first-order valence-electron chi connectivity index (χ1n) is 5.08. The molecule has 0 aliphatic heterocycles. The molecule has 0 aliphatic rings. The molecule has 1 amide bonds. The van der Waals surface area contributed by atoms with Gasteiger partial charge in [-0.25, -0.2) is 4.39 Å². The molecule has 2 aromatic rings. The van der Waals surface area contributed by atoms with Crippen molar-refractivity contribution in [3.8, 4) is 0 Å². The Morgan fingerprint density at radius 2 is 2.00 bits per heavy atom. The van der Waals surface area contributed by atoms with E-state index in [1.807, 2.05) is 0 Å².